The maximum atomic E-state index is 11.0. The van der Waals surface area contributed by atoms with Crippen LogP contribution in [0.1, 0.15) is 12.0 Å². The number of primary amides is 1. The zero-order valence-electron chi connectivity index (χ0n) is 10.8. The van der Waals surface area contributed by atoms with E-state index in [0.29, 0.717) is 6.54 Å². The number of nitrogen functional groups attached to an aromatic ring is 1. The predicted molar refractivity (Wildman–Crippen MR) is 78.3 cm³/mol. The molecular weight excluding hydrogens is 246 g/mol. The van der Waals surface area contributed by atoms with Crippen LogP contribution < -0.4 is 11.5 Å². The van der Waals surface area contributed by atoms with Crippen LogP contribution >= 0.6 is 11.8 Å². The third-order valence-corrected chi connectivity index (χ3v) is 3.29. The highest BCUT2D eigenvalue weighted by Gasteiger charge is 2.08. The lowest BCUT2D eigenvalue weighted by Crippen LogP contribution is -2.34. The number of rotatable bonds is 8. The van der Waals surface area contributed by atoms with Crippen LogP contribution in [-0.2, 0) is 11.3 Å². The summed E-state index contributed by atoms with van der Waals surface area (Å²) >= 11 is 1.81. The first kappa shape index (κ1) is 14.9. The molecule has 0 aliphatic heterocycles. The van der Waals surface area contributed by atoms with Gasteiger partial charge in [0.05, 0.1) is 6.54 Å². The van der Waals surface area contributed by atoms with Crippen LogP contribution in [0.3, 0.4) is 0 Å². The van der Waals surface area contributed by atoms with Gasteiger partial charge < -0.3 is 11.5 Å². The summed E-state index contributed by atoms with van der Waals surface area (Å²) in [6, 6.07) is 7.72. The molecule has 1 amide bonds. The topological polar surface area (TPSA) is 72.3 Å². The molecule has 0 unspecified atom stereocenters. The summed E-state index contributed by atoms with van der Waals surface area (Å²) in [7, 11) is 0. The number of amides is 1. The fourth-order valence-corrected chi connectivity index (χ4v) is 2.17. The summed E-state index contributed by atoms with van der Waals surface area (Å²) in [5, 5.41) is 0. The quantitative estimate of drug-likeness (QED) is 0.550. The van der Waals surface area contributed by atoms with Crippen molar-refractivity contribution in [2.45, 2.75) is 13.0 Å². The second-order valence-corrected chi connectivity index (χ2v) is 5.25. The molecule has 0 saturated heterocycles. The Hall–Kier alpha value is -1.20. The van der Waals surface area contributed by atoms with Crippen molar-refractivity contribution in [2.75, 3.05) is 30.8 Å². The molecule has 0 aliphatic carbocycles. The molecule has 18 heavy (non-hydrogen) atoms. The summed E-state index contributed by atoms with van der Waals surface area (Å²) in [5.41, 5.74) is 12.8. The molecule has 1 aromatic carbocycles. The zero-order valence-corrected chi connectivity index (χ0v) is 11.6. The van der Waals surface area contributed by atoms with Gasteiger partial charge in [-0.15, -0.1) is 0 Å². The first-order valence-electron chi connectivity index (χ1n) is 5.96. The minimum Gasteiger partial charge on any atom is -0.399 e. The molecule has 1 rings (SSSR count). The minimum absolute atomic E-state index is 0.283. The van der Waals surface area contributed by atoms with E-state index in [1.807, 2.05) is 36.0 Å². The molecular formula is C13H21N3OS. The van der Waals surface area contributed by atoms with E-state index in [4.69, 9.17) is 11.5 Å². The summed E-state index contributed by atoms with van der Waals surface area (Å²) < 4.78 is 0. The number of benzene rings is 1. The van der Waals surface area contributed by atoms with Crippen LogP contribution in [0, 0.1) is 0 Å². The van der Waals surface area contributed by atoms with Crippen molar-refractivity contribution < 1.29 is 4.79 Å². The predicted octanol–water partition coefficient (Wildman–Crippen LogP) is 1.31. The largest absolute Gasteiger partial charge is 0.399 e. The molecule has 0 heterocycles. The first-order chi connectivity index (χ1) is 8.61. The van der Waals surface area contributed by atoms with Crippen LogP contribution in [0.2, 0.25) is 0 Å². The van der Waals surface area contributed by atoms with Crippen LogP contribution in [0.5, 0.6) is 0 Å². The normalized spacial score (nSPS) is 10.8. The Bertz CT molecular complexity index is 367. The Morgan fingerprint density at radius 3 is 2.56 bits per heavy atom. The number of hydrogen-bond acceptors (Lipinski definition) is 4. The van der Waals surface area contributed by atoms with E-state index in [1.165, 1.54) is 0 Å². The highest BCUT2D eigenvalue weighted by atomic mass is 32.2. The zero-order chi connectivity index (χ0) is 13.4. The van der Waals surface area contributed by atoms with Gasteiger partial charge in [-0.25, -0.2) is 0 Å². The Labute approximate surface area is 113 Å². The lowest BCUT2D eigenvalue weighted by Gasteiger charge is -2.20. The van der Waals surface area contributed by atoms with Crippen molar-refractivity contribution in [3.05, 3.63) is 29.8 Å². The van der Waals surface area contributed by atoms with Gasteiger partial charge in [0, 0.05) is 12.2 Å². The first-order valence-corrected chi connectivity index (χ1v) is 7.35. The van der Waals surface area contributed by atoms with Gasteiger partial charge in [0.25, 0.3) is 0 Å². The van der Waals surface area contributed by atoms with Crippen molar-refractivity contribution in [3.63, 3.8) is 0 Å². The smallest absolute Gasteiger partial charge is 0.231 e. The summed E-state index contributed by atoms with van der Waals surface area (Å²) in [6.07, 6.45) is 3.14. The summed E-state index contributed by atoms with van der Waals surface area (Å²) in [4.78, 5) is 13.1. The van der Waals surface area contributed by atoms with Crippen LogP contribution in [0.4, 0.5) is 5.69 Å². The number of nitrogens with zero attached hydrogens (tertiary/aromatic N) is 1. The molecule has 0 radical (unpaired) electrons. The molecule has 4 nitrogen and oxygen atoms in total. The Balaban J connectivity index is 2.53. The highest BCUT2D eigenvalue weighted by molar-refractivity contribution is 7.98. The number of carbonyl (C=O) groups excluding carboxylic acids is 1. The molecule has 0 fully saturated rings. The minimum atomic E-state index is -0.283. The molecule has 0 aromatic heterocycles. The summed E-state index contributed by atoms with van der Waals surface area (Å²) in [5.74, 6) is 0.811. The van der Waals surface area contributed by atoms with Gasteiger partial charge in [0.1, 0.15) is 0 Å². The van der Waals surface area contributed by atoms with Gasteiger partial charge in [0.2, 0.25) is 5.91 Å². The van der Waals surface area contributed by atoms with Gasteiger partial charge in [-0.3, -0.25) is 9.69 Å². The van der Waals surface area contributed by atoms with Crippen molar-refractivity contribution >= 4 is 23.4 Å². The van der Waals surface area contributed by atoms with Gasteiger partial charge in [-0.2, -0.15) is 11.8 Å². The number of thioether (sulfide) groups is 1. The second-order valence-electron chi connectivity index (χ2n) is 4.26. The molecule has 100 valence electrons. The van der Waals surface area contributed by atoms with E-state index in [2.05, 4.69) is 11.2 Å². The van der Waals surface area contributed by atoms with Crippen LogP contribution in [-0.4, -0.2) is 35.9 Å². The van der Waals surface area contributed by atoms with E-state index >= 15 is 0 Å². The Morgan fingerprint density at radius 1 is 1.33 bits per heavy atom. The third kappa shape index (κ3) is 5.93. The Morgan fingerprint density at radius 2 is 2.00 bits per heavy atom. The van der Waals surface area contributed by atoms with Crippen molar-refractivity contribution in [1.29, 1.82) is 0 Å². The lowest BCUT2D eigenvalue weighted by molar-refractivity contribution is -0.119. The van der Waals surface area contributed by atoms with Gasteiger partial charge in [-0.05, 0) is 42.7 Å². The highest BCUT2D eigenvalue weighted by Crippen LogP contribution is 2.09. The molecule has 0 atom stereocenters. The average molecular weight is 267 g/mol. The summed E-state index contributed by atoms with van der Waals surface area (Å²) in [6.45, 7) is 1.92. The fourth-order valence-electron chi connectivity index (χ4n) is 1.75. The van der Waals surface area contributed by atoms with Gasteiger partial charge in [-0.1, -0.05) is 12.1 Å². The van der Waals surface area contributed by atoms with E-state index in [9.17, 15) is 4.79 Å². The molecule has 4 N–H and O–H groups in total. The van der Waals surface area contributed by atoms with Gasteiger partial charge in [0.15, 0.2) is 0 Å². The SMILES string of the molecule is CSCCCN(CC(N)=O)Cc1ccc(N)cc1. The number of nitrogens with two attached hydrogens (primary N) is 2. The second kappa shape index (κ2) is 8.00. The van der Waals surface area contributed by atoms with E-state index in [-0.39, 0.29) is 5.91 Å². The molecule has 1 aromatic rings. The molecule has 0 aliphatic rings. The fraction of sp³-hybridized carbons (Fsp3) is 0.462. The van der Waals surface area contributed by atoms with Gasteiger partial charge >= 0.3 is 0 Å². The van der Waals surface area contributed by atoms with E-state index in [1.54, 1.807) is 0 Å². The molecule has 0 bridgehead atoms. The van der Waals surface area contributed by atoms with E-state index < -0.39 is 0 Å². The molecule has 5 heteroatoms. The van der Waals surface area contributed by atoms with Crippen molar-refractivity contribution in [3.8, 4) is 0 Å². The molecule has 0 spiro atoms. The molecule has 0 saturated carbocycles. The monoisotopic (exact) mass is 267 g/mol. The van der Waals surface area contributed by atoms with Crippen molar-refractivity contribution in [1.82, 2.24) is 4.90 Å². The van der Waals surface area contributed by atoms with Crippen LogP contribution in [0.15, 0.2) is 24.3 Å². The average Bonchev–Trinajstić information content (AvgIpc) is 2.31. The number of anilines is 1. The maximum Gasteiger partial charge on any atom is 0.231 e. The Kier molecular flexibility index (Phi) is 6.60. The number of carbonyl (C=O) groups is 1. The maximum absolute atomic E-state index is 11.0. The third-order valence-electron chi connectivity index (χ3n) is 2.59. The van der Waals surface area contributed by atoms with Crippen LogP contribution in [0.25, 0.3) is 0 Å². The van der Waals surface area contributed by atoms with E-state index in [0.717, 1.165) is 36.5 Å². The number of hydrogen-bond donors (Lipinski definition) is 2. The van der Waals surface area contributed by atoms with Crippen molar-refractivity contribution in [2.24, 2.45) is 5.73 Å². The standard InChI is InChI=1S/C13H21N3OS/c1-18-8-2-7-16(10-13(15)17)9-11-3-5-12(14)6-4-11/h3-6H,2,7-10,14H2,1H3,(H2,15,17). The lowest BCUT2D eigenvalue weighted by atomic mass is 10.2.